The van der Waals surface area contributed by atoms with Gasteiger partial charge in [-0.1, -0.05) is 0 Å². The molecule has 0 saturated heterocycles. The maximum Gasteiger partial charge on any atom is 0.417 e. The van der Waals surface area contributed by atoms with Crippen molar-refractivity contribution in [2.75, 3.05) is 5.73 Å². The van der Waals surface area contributed by atoms with E-state index in [1.807, 2.05) is 6.07 Å². The number of fused-ring (bicyclic) bond motifs is 1. The van der Waals surface area contributed by atoms with E-state index in [0.29, 0.717) is 28.4 Å². The second-order valence-electron chi connectivity index (χ2n) is 5.59. The number of hydrogen-bond acceptors (Lipinski definition) is 5. The molecule has 0 atom stereocenters. The molecule has 4 aromatic rings. The molecular weight excluding hydrogens is 332 g/mol. The minimum absolute atomic E-state index is 0.359. The smallest absolute Gasteiger partial charge is 0.417 e. The zero-order valence-corrected chi connectivity index (χ0v) is 13.5. The third-order valence-corrected chi connectivity index (χ3v) is 3.95. The van der Waals surface area contributed by atoms with E-state index in [0.717, 1.165) is 15.7 Å². The van der Waals surface area contributed by atoms with Crippen LogP contribution in [0.15, 0.2) is 67.1 Å². The number of ether oxygens (including phenoxy) is 1. The van der Waals surface area contributed by atoms with Gasteiger partial charge < -0.3 is 15.6 Å². The van der Waals surface area contributed by atoms with Gasteiger partial charge in [-0.3, -0.25) is 0 Å². The van der Waals surface area contributed by atoms with Crippen LogP contribution < -0.4 is 10.5 Å². The molecule has 4 rings (SSSR count). The van der Waals surface area contributed by atoms with E-state index >= 15 is 0 Å². The Morgan fingerprint density at radius 3 is 2.58 bits per heavy atom. The fourth-order valence-electron chi connectivity index (χ4n) is 2.75. The van der Waals surface area contributed by atoms with Crippen LogP contribution in [0.1, 0.15) is 0 Å². The quantitative estimate of drug-likeness (QED) is 0.544. The van der Waals surface area contributed by atoms with Crippen molar-refractivity contribution in [3.8, 4) is 22.8 Å². The van der Waals surface area contributed by atoms with Crippen LogP contribution in [-0.4, -0.2) is 25.7 Å². The molecular formula is C19H14N4O3. The molecule has 0 aliphatic heterocycles. The minimum atomic E-state index is -1.09. The van der Waals surface area contributed by atoms with Crippen molar-refractivity contribution in [2.45, 2.75) is 0 Å². The number of nitrogens with two attached hydrogens (primary N) is 1. The molecule has 128 valence electrons. The second kappa shape index (κ2) is 6.21. The Bertz CT molecular complexity index is 1100. The van der Waals surface area contributed by atoms with Gasteiger partial charge in [0, 0.05) is 35.2 Å². The lowest BCUT2D eigenvalue weighted by Gasteiger charge is -2.11. The molecule has 0 saturated carbocycles. The van der Waals surface area contributed by atoms with Crippen molar-refractivity contribution in [1.82, 2.24) is 14.5 Å². The zero-order valence-electron chi connectivity index (χ0n) is 13.5. The molecule has 0 amide bonds. The number of rotatable bonds is 3. The maximum atomic E-state index is 11.3. The van der Waals surface area contributed by atoms with Gasteiger partial charge in [0.15, 0.2) is 0 Å². The summed E-state index contributed by atoms with van der Waals surface area (Å²) in [4.78, 5) is 19.8. The van der Waals surface area contributed by atoms with Crippen LogP contribution >= 0.6 is 0 Å². The summed E-state index contributed by atoms with van der Waals surface area (Å²) in [6.45, 7) is 0. The molecule has 3 heterocycles. The maximum absolute atomic E-state index is 11.3. The van der Waals surface area contributed by atoms with E-state index in [1.165, 1.54) is 6.20 Å². The van der Waals surface area contributed by atoms with Gasteiger partial charge >= 0.3 is 6.09 Å². The van der Waals surface area contributed by atoms with Gasteiger partial charge in [-0.2, -0.15) is 0 Å². The molecule has 0 spiro atoms. The lowest BCUT2D eigenvalue weighted by Crippen LogP contribution is -2.06. The summed E-state index contributed by atoms with van der Waals surface area (Å²) < 4.78 is 6.99. The van der Waals surface area contributed by atoms with Gasteiger partial charge in [0.05, 0.1) is 0 Å². The summed E-state index contributed by atoms with van der Waals surface area (Å²) in [6, 6.07) is 14.2. The molecule has 0 radical (unpaired) electrons. The first-order valence-electron chi connectivity index (χ1n) is 7.81. The van der Waals surface area contributed by atoms with Crippen LogP contribution in [0.2, 0.25) is 0 Å². The van der Waals surface area contributed by atoms with Crippen molar-refractivity contribution in [3.63, 3.8) is 0 Å². The summed E-state index contributed by atoms with van der Waals surface area (Å²) in [5.41, 5.74) is 8.22. The van der Waals surface area contributed by atoms with E-state index < -0.39 is 6.09 Å². The van der Waals surface area contributed by atoms with Gasteiger partial charge in [-0.05, 0) is 54.1 Å². The van der Waals surface area contributed by atoms with Crippen molar-refractivity contribution in [1.29, 1.82) is 0 Å². The third kappa shape index (κ3) is 2.71. The van der Waals surface area contributed by atoms with Crippen LogP contribution in [0.5, 0.6) is 11.6 Å². The topological polar surface area (TPSA) is 103 Å². The van der Waals surface area contributed by atoms with Crippen molar-refractivity contribution < 1.29 is 14.6 Å². The van der Waals surface area contributed by atoms with Gasteiger partial charge in [-0.15, -0.1) is 0 Å². The van der Waals surface area contributed by atoms with Crippen LogP contribution in [-0.2, 0) is 0 Å². The molecule has 7 heteroatoms. The Balaban J connectivity index is 1.83. The highest BCUT2D eigenvalue weighted by molar-refractivity contribution is 5.97. The summed E-state index contributed by atoms with van der Waals surface area (Å²) in [5, 5.41) is 9.98. The first-order valence-corrected chi connectivity index (χ1v) is 7.81. The standard InChI is InChI=1S/C19H14N4O3/c20-12-3-5-13(6-4-12)26-18-16(2-1-9-22-18)14-7-10-21-17-15(14)8-11-23(17)19(24)25/h1-11H,20H2,(H,24,25). The molecule has 0 bridgehead atoms. The number of nitrogens with zero attached hydrogens (tertiary/aromatic N) is 3. The largest absolute Gasteiger partial charge is 0.464 e. The first-order chi connectivity index (χ1) is 12.6. The number of nitrogen functional groups attached to an aromatic ring is 1. The minimum Gasteiger partial charge on any atom is -0.464 e. The number of carbonyl (C=O) groups is 1. The average Bonchev–Trinajstić information content (AvgIpc) is 3.09. The molecule has 1 aromatic carbocycles. The van der Waals surface area contributed by atoms with Crippen molar-refractivity contribution in [2.24, 2.45) is 0 Å². The lowest BCUT2D eigenvalue weighted by atomic mass is 10.1. The Labute approximate surface area is 148 Å². The molecule has 0 aliphatic rings. The van der Waals surface area contributed by atoms with Crippen molar-refractivity contribution >= 4 is 22.8 Å². The van der Waals surface area contributed by atoms with E-state index in [1.54, 1.807) is 54.9 Å². The first kappa shape index (κ1) is 15.6. The average molecular weight is 346 g/mol. The number of aromatic nitrogens is 3. The molecule has 7 nitrogen and oxygen atoms in total. The van der Waals surface area contributed by atoms with Crippen LogP contribution in [0.25, 0.3) is 22.2 Å². The Hall–Kier alpha value is -3.87. The van der Waals surface area contributed by atoms with Crippen LogP contribution in [0.3, 0.4) is 0 Å². The molecule has 3 N–H and O–H groups in total. The third-order valence-electron chi connectivity index (χ3n) is 3.95. The van der Waals surface area contributed by atoms with Gasteiger partial charge in [-0.25, -0.2) is 19.3 Å². The highest BCUT2D eigenvalue weighted by Crippen LogP contribution is 2.35. The molecule has 26 heavy (non-hydrogen) atoms. The number of carboxylic acid groups (broad SMARTS) is 1. The zero-order chi connectivity index (χ0) is 18.1. The Kier molecular flexibility index (Phi) is 3.74. The predicted octanol–water partition coefficient (Wildman–Crippen LogP) is 4.00. The van der Waals surface area contributed by atoms with Gasteiger partial charge in [0.25, 0.3) is 0 Å². The second-order valence-corrected chi connectivity index (χ2v) is 5.59. The van der Waals surface area contributed by atoms with E-state index in [-0.39, 0.29) is 0 Å². The number of hydrogen-bond donors (Lipinski definition) is 2. The fourth-order valence-corrected chi connectivity index (χ4v) is 2.75. The van der Waals surface area contributed by atoms with E-state index in [4.69, 9.17) is 10.5 Å². The Morgan fingerprint density at radius 1 is 1.00 bits per heavy atom. The number of pyridine rings is 2. The summed E-state index contributed by atoms with van der Waals surface area (Å²) >= 11 is 0. The van der Waals surface area contributed by atoms with Gasteiger partial charge in [0.2, 0.25) is 5.88 Å². The van der Waals surface area contributed by atoms with Crippen molar-refractivity contribution in [3.05, 3.63) is 67.1 Å². The SMILES string of the molecule is Nc1ccc(Oc2ncccc2-c2ccnc3c2ccn3C(=O)O)cc1. The molecule has 3 aromatic heterocycles. The highest BCUT2D eigenvalue weighted by Gasteiger charge is 2.15. The van der Waals surface area contributed by atoms with Crippen LogP contribution in [0.4, 0.5) is 10.5 Å². The van der Waals surface area contributed by atoms with Crippen LogP contribution in [0, 0.1) is 0 Å². The number of anilines is 1. The number of benzene rings is 1. The summed E-state index contributed by atoms with van der Waals surface area (Å²) in [7, 11) is 0. The lowest BCUT2D eigenvalue weighted by molar-refractivity contribution is 0.197. The highest BCUT2D eigenvalue weighted by atomic mass is 16.5. The summed E-state index contributed by atoms with van der Waals surface area (Å²) in [5.74, 6) is 1.01. The molecule has 0 aliphatic carbocycles. The fraction of sp³-hybridized carbons (Fsp3) is 0. The summed E-state index contributed by atoms with van der Waals surface area (Å²) in [6.07, 6.45) is 3.59. The van der Waals surface area contributed by atoms with E-state index in [9.17, 15) is 9.90 Å². The monoisotopic (exact) mass is 346 g/mol. The normalized spacial score (nSPS) is 10.8. The Morgan fingerprint density at radius 2 is 1.81 bits per heavy atom. The van der Waals surface area contributed by atoms with E-state index in [2.05, 4.69) is 9.97 Å². The predicted molar refractivity (Wildman–Crippen MR) is 97.3 cm³/mol. The van der Waals surface area contributed by atoms with Gasteiger partial charge in [0.1, 0.15) is 11.4 Å². The molecule has 0 fully saturated rings. The molecule has 0 unspecified atom stereocenters.